The van der Waals surface area contributed by atoms with E-state index in [1.54, 1.807) is 0 Å². The lowest BCUT2D eigenvalue weighted by atomic mass is 10.1. The van der Waals surface area contributed by atoms with Crippen LogP contribution in [0.5, 0.6) is 11.5 Å². The number of nitrogens with zero attached hydrogens (tertiary/aromatic N) is 1. The van der Waals surface area contributed by atoms with Crippen LogP contribution in [0.4, 0.5) is 5.69 Å². The first kappa shape index (κ1) is 20.9. The Hall–Kier alpha value is -3.14. The van der Waals surface area contributed by atoms with Crippen molar-refractivity contribution < 1.29 is 33.8 Å². The predicted molar refractivity (Wildman–Crippen MR) is 91.3 cm³/mol. The average Bonchev–Trinajstić information content (AvgIpc) is 2.61. The first-order valence-electron chi connectivity index (χ1n) is 7.55. The number of rotatable bonds is 11. The number of benzene rings is 1. The monoisotopic (exact) mass is 368 g/mol. The zero-order chi connectivity index (χ0) is 19.5. The number of ether oxygens (including phenoxy) is 3. The minimum Gasteiger partial charge on any atom is -0.493 e. The highest BCUT2D eigenvalue weighted by atomic mass is 16.6. The van der Waals surface area contributed by atoms with Gasteiger partial charge in [-0.3, -0.25) is 19.7 Å². The number of carbonyl (C=O) groups excluding carboxylic acids is 1. The molecule has 0 bridgehead atoms. The Balaban J connectivity index is 2.67. The molecule has 0 saturated carbocycles. The number of methoxy groups -OCH3 is 2. The lowest BCUT2D eigenvalue weighted by Gasteiger charge is -2.08. The van der Waals surface area contributed by atoms with E-state index in [-0.39, 0.29) is 43.2 Å². The van der Waals surface area contributed by atoms with Crippen molar-refractivity contribution in [1.29, 1.82) is 0 Å². The number of hydrogen-bond donors (Lipinski definition) is 2. The van der Waals surface area contributed by atoms with Crippen LogP contribution in [0.25, 0.3) is 6.08 Å². The lowest BCUT2D eigenvalue weighted by molar-refractivity contribution is -0.385. The third-order valence-corrected chi connectivity index (χ3v) is 3.15. The van der Waals surface area contributed by atoms with E-state index >= 15 is 0 Å². The number of aliphatic carboxylic acids is 1. The van der Waals surface area contributed by atoms with Gasteiger partial charge in [0.05, 0.1) is 50.4 Å². The minimum atomic E-state index is -0.964. The number of nitro benzene ring substituents is 1. The van der Waals surface area contributed by atoms with Crippen LogP contribution in [-0.4, -0.2) is 55.9 Å². The standard InChI is InChI=1S/C16H20N2O8/c1-24-13-9-11(12(18(22)23)10-14(13)25-2)3-4-15(19)17-6-8-26-7-5-16(20)21/h3-4,9-10H,5-8H2,1-2H3,(H,17,19)(H,20,21). The zero-order valence-corrected chi connectivity index (χ0v) is 14.4. The van der Waals surface area contributed by atoms with Crippen LogP contribution in [0.15, 0.2) is 18.2 Å². The number of amides is 1. The summed E-state index contributed by atoms with van der Waals surface area (Å²) in [5.41, 5.74) is -0.0517. The Morgan fingerprint density at radius 3 is 2.46 bits per heavy atom. The van der Waals surface area contributed by atoms with Gasteiger partial charge >= 0.3 is 5.97 Å². The number of carboxylic acid groups (broad SMARTS) is 1. The van der Waals surface area contributed by atoms with Gasteiger partial charge in [0.1, 0.15) is 0 Å². The van der Waals surface area contributed by atoms with Crippen LogP contribution in [0.2, 0.25) is 0 Å². The van der Waals surface area contributed by atoms with Gasteiger partial charge in [0.15, 0.2) is 11.5 Å². The van der Waals surface area contributed by atoms with Gasteiger partial charge in [-0.1, -0.05) is 0 Å². The maximum Gasteiger partial charge on any atom is 0.305 e. The van der Waals surface area contributed by atoms with Crippen molar-refractivity contribution in [2.24, 2.45) is 0 Å². The highest BCUT2D eigenvalue weighted by molar-refractivity contribution is 5.92. The lowest BCUT2D eigenvalue weighted by Crippen LogP contribution is -2.25. The van der Waals surface area contributed by atoms with Gasteiger partial charge in [0, 0.05) is 12.6 Å². The number of carboxylic acids is 1. The van der Waals surface area contributed by atoms with Crippen LogP contribution < -0.4 is 14.8 Å². The largest absolute Gasteiger partial charge is 0.493 e. The van der Waals surface area contributed by atoms with E-state index in [0.717, 1.165) is 6.08 Å². The van der Waals surface area contributed by atoms with Crippen LogP contribution in [0.3, 0.4) is 0 Å². The van der Waals surface area contributed by atoms with E-state index in [1.807, 2.05) is 0 Å². The second-order valence-electron chi connectivity index (χ2n) is 4.90. The van der Waals surface area contributed by atoms with Gasteiger partial charge < -0.3 is 24.6 Å². The molecule has 1 rings (SSSR count). The second kappa shape index (κ2) is 10.7. The van der Waals surface area contributed by atoms with Gasteiger partial charge in [-0.2, -0.15) is 0 Å². The molecule has 0 heterocycles. The van der Waals surface area contributed by atoms with Crippen molar-refractivity contribution in [2.45, 2.75) is 6.42 Å². The molecule has 0 unspecified atom stereocenters. The summed E-state index contributed by atoms with van der Waals surface area (Å²) in [5.74, 6) is -0.936. The van der Waals surface area contributed by atoms with E-state index in [2.05, 4.69) is 5.32 Å². The molecule has 0 spiro atoms. The third-order valence-electron chi connectivity index (χ3n) is 3.15. The van der Waals surface area contributed by atoms with Gasteiger partial charge in [-0.25, -0.2) is 0 Å². The zero-order valence-electron chi connectivity index (χ0n) is 14.4. The molecule has 0 aromatic heterocycles. The summed E-state index contributed by atoms with van der Waals surface area (Å²) in [6.07, 6.45) is 2.32. The summed E-state index contributed by atoms with van der Waals surface area (Å²) in [6, 6.07) is 2.61. The van der Waals surface area contributed by atoms with Gasteiger partial charge in [0.2, 0.25) is 5.91 Å². The van der Waals surface area contributed by atoms with Crippen molar-refractivity contribution in [3.8, 4) is 11.5 Å². The quantitative estimate of drug-likeness (QED) is 0.257. The number of carbonyl (C=O) groups is 2. The molecule has 1 aromatic carbocycles. The minimum absolute atomic E-state index is 0.0544. The predicted octanol–water partition coefficient (Wildman–Crippen LogP) is 1.23. The normalized spacial score (nSPS) is 10.5. The molecule has 10 heteroatoms. The third kappa shape index (κ3) is 6.77. The number of nitrogens with one attached hydrogen (secondary N) is 1. The molecule has 0 radical (unpaired) electrons. The Kier molecular flexibility index (Phi) is 8.58. The Bertz CT molecular complexity index is 687. The molecule has 0 saturated heterocycles. The number of hydrogen-bond acceptors (Lipinski definition) is 7. The molecule has 0 aliphatic rings. The fourth-order valence-corrected chi connectivity index (χ4v) is 1.91. The molecule has 1 amide bonds. The molecule has 0 fully saturated rings. The maximum absolute atomic E-state index is 11.7. The molecule has 26 heavy (non-hydrogen) atoms. The number of nitro groups is 1. The fraction of sp³-hybridized carbons (Fsp3) is 0.375. The topological polar surface area (TPSA) is 137 Å². The summed E-state index contributed by atoms with van der Waals surface area (Å²) in [5, 5.41) is 22.1. The Morgan fingerprint density at radius 2 is 1.88 bits per heavy atom. The molecule has 10 nitrogen and oxygen atoms in total. The van der Waals surface area contributed by atoms with Crippen molar-refractivity contribution in [3.63, 3.8) is 0 Å². The molecule has 0 aliphatic carbocycles. The molecular weight excluding hydrogens is 348 g/mol. The Labute approximate surface area is 149 Å². The second-order valence-corrected chi connectivity index (χ2v) is 4.90. The molecule has 0 aliphatic heterocycles. The van der Waals surface area contributed by atoms with Crippen molar-refractivity contribution >= 4 is 23.6 Å². The van der Waals surface area contributed by atoms with Gasteiger partial charge in [-0.05, 0) is 12.1 Å². The molecule has 0 atom stereocenters. The summed E-state index contributed by atoms with van der Waals surface area (Å²) >= 11 is 0. The summed E-state index contributed by atoms with van der Waals surface area (Å²) in [7, 11) is 2.76. The van der Waals surface area contributed by atoms with E-state index in [1.165, 1.54) is 32.4 Å². The SMILES string of the molecule is COc1cc(C=CC(=O)NCCOCCC(=O)O)c([N+](=O)[O-])cc1OC. The van der Waals surface area contributed by atoms with Crippen molar-refractivity contribution in [3.05, 3.63) is 33.9 Å². The smallest absolute Gasteiger partial charge is 0.305 e. The van der Waals surface area contributed by atoms with Gasteiger partial charge in [-0.15, -0.1) is 0 Å². The van der Waals surface area contributed by atoms with Crippen LogP contribution in [0, 0.1) is 10.1 Å². The molecule has 142 valence electrons. The van der Waals surface area contributed by atoms with Crippen LogP contribution in [0.1, 0.15) is 12.0 Å². The summed E-state index contributed by atoms with van der Waals surface area (Å²) in [4.78, 5) is 32.6. The van der Waals surface area contributed by atoms with Gasteiger partial charge in [0.25, 0.3) is 5.69 Å². The van der Waals surface area contributed by atoms with Crippen LogP contribution >= 0.6 is 0 Å². The highest BCUT2D eigenvalue weighted by Crippen LogP contribution is 2.35. The fourth-order valence-electron chi connectivity index (χ4n) is 1.91. The molecular formula is C16H20N2O8. The Morgan fingerprint density at radius 1 is 1.23 bits per heavy atom. The van der Waals surface area contributed by atoms with Crippen molar-refractivity contribution in [1.82, 2.24) is 5.32 Å². The first-order chi connectivity index (χ1) is 12.4. The van der Waals surface area contributed by atoms with E-state index in [4.69, 9.17) is 19.3 Å². The average molecular weight is 368 g/mol. The first-order valence-corrected chi connectivity index (χ1v) is 7.55. The van der Waals surface area contributed by atoms with E-state index in [9.17, 15) is 19.7 Å². The van der Waals surface area contributed by atoms with Crippen molar-refractivity contribution in [2.75, 3.05) is 34.0 Å². The van der Waals surface area contributed by atoms with E-state index < -0.39 is 16.8 Å². The summed E-state index contributed by atoms with van der Waals surface area (Å²) in [6.45, 7) is 0.388. The highest BCUT2D eigenvalue weighted by Gasteiger charge is 2.17. The van der Waals surface area contributed by atoms with Crippen LogP contribution in [-0.2, 0) is 14.3 Å². The molecule has 1 aromatic rings. The molecule has 2 N–H and O–H groups in total. The van der Waals surface area contributed by atoms with E-state index in [0.29, 0.717) is 5.75 Å². The maximum atomic E-state index is 11.7. The summed E-state index contributed by atoms with van der Waals surface area (Å²) < 4.78 is 15.1.